The Labute approximate surface area is 207 Å². The minimum Gasteiger partial charge on any atom is -0.491 e. The predicted octanol–water partition coefficient (Wildman–Crippen LogP) is 2.98. The fraction of sp³-hybridized carbons (Fsp3) is 0.464. The Hall–Kier alpha value is -2.71. The van der Waals surface area contributed by atoms with Crippen LogP contribution in [0.15, 0.2) is 61.2 Å². The third-order valence-electron chi connectivity index (χ3n) is 7.08. The number of piperidine rings is 1. The van der Waals surface area contributed by atoms with Gasteiger partial charge in [0.2, 0.25) is 5.91 Å². The number of likely N-dealkylation sites (tertiary alicyclic amines) is 1. The number of nitrogens with zero attached hydrogens (tertiary/aromatic N) is 1. The number of ether oxygens (including phenoxy) is 3. The lowest BCUT2D eigenvalue weighted by Gasteiger charge is -2.44. The average Bonchev–Trinajstić information content (AvgIpc) is 3.11. The first-order valence-electron chi connectivity index (χ1n) is 12.3. The van der Waals surface area contributed by atoms with E-state index in [-0.39, 0.29) is 36.7 Å². The molecule has 2 atom stereocenters. The largest absolute Gasteiger partial charge is 0.491 e. The summed E-state index contributed by atoms with van der Waals surface area (Å²) in [5.41, 5.74) is 3.42. The van der Waals surface area contributed by atoms with Crippen LogP contribution in [-0.4, -0.2) is 68.6 Å². The van der Waals surface area contributed by atoms with Crippen LogP contribution in [0.4, 0.5) is 0 Å². The van der Waals surface area contributed by atoms with E-state index < -0.39 is 0 Å². The average molecular weight is 481 g/mol. The second-order valence-electron chi connectivity index (χ2n) is 9.26. The van der Waals surface area contributed by atoms with Crippen molar-refractivity contribution in [3.05, 3.63) is 77.9 Å². The summed E-state index contributed by atoms with van der Waals surface area (Å²) in [6.45, 7) is 7.26. The van der Waals surface area contributed by atoms with Gasteiger partial charge in [0.15, 0.2) is 0 Å². The van der Waals surface area contributed by atoms with Crippen molar-refractivity contribution < 1.29 is 24.1 Å². The number of carbonyl (C=O) groups excluding carboxylic acids is 1. The van der Waals surface area contributed by atoms with Gasteiger partial charge in [-0.05, 0) is 54.8 Å². The first-order valence-corrected chi connectivity index (χ1v) is 12.3. The van der Waals surface area contributed by atoms with Gasteiger partial charge in [0.1, 0.15) is 19.0 Å². The van der Waals surface area contributed by atoms with Gasteiger partial charge in [-0.25, -0.2) is 0 Å². The van der Waals surface area contributed by atoms with Gasteiger partial charge in [-0.1, -0.05) is 42.5 Å². The SMILES string of the molecule is C=CCO[C@H]1[C@H](NC(=O)COC)c2ccccc2C12CCN(Cc1cccc(OCCO)c1)CC2. The van der Waals surface area contributed by atoms with Crippen molar-refractivity contribution in [2.45, 2.75) is 36.9 Å². The third kappa shape index (κ3) is 5.59. The summed E-state index contributed by atoms with van der Waals surface area (Å²) in [4.78, 5) is 15.0. The smallest absolute Gasteiger partial charge is 0.246 e. The zero-order valence-corrected chi connectivity index (χ0v) is 20.4. The molecule has 0 unspecified atom stereocenters. The van der Waals surface area contributed by atoms with Crippen LogP contribution < -0.4 is 10.1 Å². The van der Waals surface area contributed by atoms with E-state index in [4.69, 9.17) is 19.3 Å². The summed E-state index contributed by atoms with van der Waals surface area (Å²) in [6, 6.07) is 16.2. The number of rotatable bonds is 11. The van der Waals surface area contributed by atoms with Crippen LogP contribution in [0.25, 0.3) is 0 Å². The van der Waals surface area contributed by atoms with Crippen molar-refractivity contribution in [1.82, 2.24) is 10.2 Å². The van der Waals surface area contributed by atoms with Gasteiger partial charge in [0, 0.05) is 19.1 Å². The Kier molecular flexibility index (Phi) is 8.57. The monoisotopic (exact) mass is 480 g/mol. The highest BCUT2D eigenvalue weighted by Crippen LogP contribution is 2.52. The van der Waals surface area contributed by atoms with Gasteiger partial charge < -0.3 is 24.6 Å². The quantitative estimate of drug-likeness (QED) is 0.482. The Morgan fingerprint density at radius 2 is 2.03 bits per heavy atom. The fourth-order valence-corrected chi connectivity index (χ4v) is 5.60. The van der Waals surface area contributed by atoms with E-state index in [0.717, 1.165) is 43.8 Å². The van der Waals surface area contributed by atoms with Crippen LogP contribution in [0.2, 0.25) is 0 Å². The molecule has 0 saturated carbocycles. The van der Waals surface area contributed by atoms with Gasteiger partial charge in [-0.15, -0.1) is 6.58 Å². The number of amides is 1. The molecular weight excluding hydrogens is 444 g/mol. The molecule has 2 N–H and O–H groups in total. The molecule has 7 heteroatoms. The summed E-state index contributed by atoms with van der Waals surface area (Å²) >= 11 is 0. The lowest BCUT2D eigenvalue weighted by molar-refractivity contribution is -0.127. The molecule has 1 spiro atoms. The van der Waals surface area contributed by atoms with E-state index in [1.165, 1.54) is 18.2 Å². The van der Waals surface area contributed by atoms with E-state index in [1.807, 2.05) is 24.3 Å². The molecular formula is C28H36N2O5. The van der Waals surface area contributed by atoms with E-state index in [9.17, 15) is 4.79 Å². The number of hydrogen-bond donors (Lipinski definition) is 2. The van der Waals surface area contributed by atoms with E-state index in [2.05, 4.69) is 41.1 Å². The lowest BCUT2D eigenvalue weighted by Crippen LogP contribution is -2.51. The van der Waals surface area contributed by atoms with Gasteiger partial charge in [-0.3, -0.25) is 9.69 Å². The maximum Gasteiger partial charge on any atom is 0.246 e. The molecule has 188 valence electrons. The molecule has 2 aliphatic rings. The second-order valence-corrected chi connectivity index (χ2v) is 9.26. The molecule has 0 radical (unpaired) electrons. The van der Waals surface area contributed by atoms with Crippen molar-refractivity contribution in [2.24, 2.45) is 0 Å². The number of methoxy groups -OCH3 is 1. The highest BCUT2D eigenvalue weighted by atomic mass is 16.5. The Morgan fingerprint density at radius 1 is 1.23 bits per heavy atom. The summed E-state index contributed by atoms with van der Waals surface area (Å²) in [7, 11) is 1.53. The van der Waals surface area contributed by atoms with Gasteiger partial charge >= 0.3 is 0 Å². The molecule has 0 bridgehead atoms. The third-order valence-corrected chi connectivity index (χ3v) is 7.08. The maximum absolute atomic E-state index is 12.5. The first kappa shape index (κ1) is 25.4. The Balaban J connectivity index is 1.52. The Morgan fingerprint density at radius 3 is 2.77 bits per heavy atom. The number of carbonyl (C=O) groups is 1. The highest BCUT2D eigenvalue weighted by Gasteiger charge is 2.54. The van der Waals surface area contributed by atoms with Crippen molar-refractivity contribution in [3.63, 3.8) is 0 Å². The summed E-state index contributed by atoms with van der Waals surface area (Å²) in [5.74, 6) is 0.638. The van der Waals surface area contributed by atoms with Crippen molar-refractivity contribution in [2.75, 3.05) is 46.6 Å². The number of aliphatic hydroxyl groups excluding tert-OH is 1. The van der Waals surface area contributed by atoms with Crippen LogP contribution in [0.5, 0.6) is 5.75 Å². The summed E-state index contributed by atoms with van der Waals surface area (Å²) < 4.78 is 17.0. The first-order chi connectivity index (χ1) is 17.1. The molecule has 1 amide bonds. The van der Waals surface area contributed by atoms with Crippen LogP contribution in [0.1, 0.15) is 35.6 Å². The van der Waals surface area contributed by atoms with Gasteiger partial charge in [0.05, 0.1) is 25.4 Å². The number of fused-ring (bicyclic) bond motifs is 2. The Bertz CT molecular complexity index is 1000. The molecule has 1 aliphatic heterocycles. The summed E-state index contributed by atoms with van der Waals surface area (Å²) in [5, 5.41) is 12.2. The standard InChI is InChI=1S/C28H36N2O5/c1-3-16-35-27-26(29-25(32)20-33-2)23-9-4-5-10-24(23)28(27)11-13-30(14-12-28)19-21-7-6-8-22(18-21)34-17-15-31/h3-10,18,26-27,31H,1,11-17,19-20H2,2H3,(H,29,32)/t26-,27+/m1/s1. The molecule has 1 aliphatic carbocycles. The minimum absolute atomic E-state index is 0.00190. The van der Waals surface area contributed by atoms with Crippen LogP contribution in [0, 0.1) is 0 Å². The second kappa shape index (κ2) is 11.8. The maximum atomic E-state index is 12.5. The number of benzene rings is 2. The zero-order chi connectivity index (χ0) is 24.7. The van der Waals surface area contributed by atoms with Gasteiger partial charge in [-0.2, -0.15) is 0 Å². The number of hydrogen-bond acceptors (Lipinski definition) is 6. The molecule has 35 heavy (non-hydrogen) atoms. The predicted molar refractivity (Wildman–Crippen MR) is 134 cm³/mol. The zero-order valence-electron chi connectivity index (χ0n) is 20.4. The van der Waals surface area contributed by atoms with Crippen molar-refractivity contribution in [3.8, 4) is 5.75 Å². The van der Waals surface area contributed by atoms with Crippen LogP contribution in [0.3, 0.4) is 0 Å². The van der Waals surface area contributed by atoms with Crippen LogP contribution in [-0.2, 0) is 26.2 Å². The van der Waals surface area contributed by atoms with E-state index >= 15 is 0 Å². The minimum atomic E-state index is -0.222. The van der Waals surface area contributed by atoms with Crippen LogP contribution >= 0.6 is 0 Å². The normalized spacial score (nSPS) is 21.0. The molecule has 1 fully saturated rings. The highest BCUT2D eigenvalue weighted by molar-refractivity contribution is 5.78. The number of aliphatic hydroxyl groups is 1. The molecule has 1 heterocycles. The topological polar surface area (TPSA) is 80.3 Å². The number of nitrogens with one attached hydrogen (secondary N) is 1. The molecule has 1 saturated heterocycles. The molecule has 2 aromatic carbocycles. The fourth-order valence-electron chi connectivity index (χ4n) is 5.60. The lowest BCUT2D eigenvalue weighted by atomic mass is 9.71. The van der Waals surface area contributed by atoms with E-state index in [0.29, 0.717) is 13.2 Å². The molecule has 4 rings (SSSR count). The molecule has 7 nitrogen and oxygen atoms in total. The summed E-state index contributed by atoms with van der Waals surface area (Å²) in [6.07, 6.45) is 3.47. The van der Waals surface area contributed by atoms with E-state index in [1.54, 1.807) is 6.08 Å². The molecule has 0 aromatic heterocycles. The molecule has 2 aromatic rings. The van der Waals surface area contributed by atoms with Crippen molar-refractivity contribution in [1.29, 1.82) is 0 Å². The van der Waals surface area contributed by atoms with Crippen molar-refractivity contribution >= 4 is 5.91 Å². The van der Waals surface area contributed by atoms with Gasteiger partial charge in [0.25, 0.3) is 0 Å².